The molecule has 1 amide bonds. The summed E-state index contributed by atoms with van der Waals surface area (Å²) >= 11 is 0. The molecule has 0 aliphatic heterocycles. The first-order valence-electron chi connectivity index (χ1n) is 9.21. The monoisotopic (exact) mass is 363 g/mol. The van der Waals surface area contributed by atoms with Crippen LogP contribution in [0.15, 0.2) is 67.0 Å². The van der Waals surface area contributed by atoms with Gasteiger partial charge in [0.05, 0.1) is 13.2 Å². The van der Waals surface area contributed by atoms with Crippen molar-refractivity contribution in [3.63, 3.8) is 0 Å². The van der Waals surface area contributed by atoms with Crippen LogP contribution in [0, 0.1) is 6.92 Å². The third kappa shape index (κ3) is 5.99. The van der Waals surface area contributed by atoms with Gasteiger partial charge in [-0.2, -0.15) is 5.10 Å². The molecule has 5 nitrogen and oxygen atoms in total. The summed E-state index contributed by atoms with van der Waals surface area (Å²) in [6.45, 7) is 3.82. The fourth-order valence-corrected chi connectivity index (χ4v) is 2.84. The van der Waals surface area contributed by atoms with Gasteiger partial charge >= 0.3 is 0 Å². The molecule has 0 aliphatic rings. The Bertz CT molecular complexity index is 860. The van der Waals surface area contributed by atoms with Crippen molar-refractivity contribution in [1.82, 2.24) is 15.1 Å². The maximum absolute atomic E-state index is 12.1. The first-order chi connectivity index (χ1) is 13.2. The fraction of sp³-hybridized carbons (Fsp3) is 0.273. The normalized spacial score (nSPS) is 10.6. The van der Waals surface area contributed by atoms with Crippen LogP contribution in [0.1, 0.15) is 29.5 Å². The molecular weight excluding hydrogens is 338 g/mol. The number of rotatable bonds is 9. The Balaban J connectivity index is 1.38. The second-order valence-corrected chi connectivity index (χ2v) is 6.52. The lowest BCUT2D eigenvalue weighted by Gasteiger charge is -2.09. The molecule has 0 radical (unpaired) electrons. The Labute approximate surface area is 160 Å². The van der Waals surface area contributed by atoms with Crippen molar-refractivity contribution < 1.29 is 9.53 Å². The number of nitrogens with one attached hydrogen (secondary N) is 1. The van der Waals surface area contributed by atoms with Crippen molar-refractivity contribution in [3.05, 3.63) is 83.7 Å². The highest BCUT2D eigenvalue weighted by Gasteiger charge is 2.04. The number of para-hydroxylation sites is 1. The summed E-state index contributed by atoms with van der Waals surface area (Å²) < 4.78 is 7.61. The number of carbonyl (C=O) groups is 1. The second-order valence-electron chi connectivity index (χ2n) is 6.52. The number of ether oxygens (including phenoxy) is 1. The van der Waals surface area contributed by atoms with Crippen LogP contribution >= 0.6 is 0 Å². The molecule has 0 saturated carbocycles. The van der Waals surface area contributed by atoms with E-state index in [9.17, 15) is 4.79 Å². The van der Waals surface area contributed by atoms with Crippen LogP contribution in [0.25, 0.3) is 0 Å². The highest BCUT2D eigenvalue weighted by Crippen LogP contribution is 2.16. The molecule has 2 aromatic carbocycles. The average molecular weight is 363 g/mol. The number of carbonyl (C=O) groups excluding carboxylic acids is 1. The molecule has 0 unspecified atom stereocenters. The van der Waals surface area contributed by atoms with E-state index in [2.05, 4.69) is 22.5 Å². The van der Waals surface area contributed by atoms with Crippen LogP contribution in [0.2, 0.25) is 0 Å². The standard InChI is InChI=1S/C22H25N3O2/c1-18-7-2-3-10-21(18)27-14-5-11-22(26)23-16-19-8-4-9-20(15-19)17-25-13-6-12-24-25/h2-4,6-10,12-13,15H,5,11,14,16-17H2,1H3,(H,23,26). The molecule has 5 heteroatoms. The van der Waals surface area contributed by atoms with Gasteiger partial charge in [0.15, 0.2) is 0 Å². The van der Waals surface area contributed by atoms with Gasteiger partial charge in [-0.3, -0.25) is 9.48 Å². The van der Waals surface area contributed by atoms with E-state index >= 15 is 0 Å². The van der Waals surface area contributed by atoms with Crippen molar-refractivity contribution in [1.29, 1.82) is 0 Å². The molecular formula is C22H25N3O2. The lowest BCUT2D eigenvalue weighted by Crippen LogP contribution is -2.23. The summed E-state index contributed by atoms with van der Waals surface area (Å²) in [5.74, 6) is 0.924. The number of benzene rings is 2. The van der Waals surface area contributed by atoms with Crippen LogP contribution in [0.5, 0.6) is 5.75 Å². The lowest BCUT2D eigenvalue weighted by atomic mass is 10.1. The Hall–Kier alpha value is -3.08. The van der Waals surface area contributed by atoms with E-state index in [1.807, 2.05) is 60.3 Å². The summed E-state index contributed by atoms with van der Waals surface area (Å²) in [5, 5.41) is 7.20. The summed E-state index contributed by atoms with van der Waals surface area (Å²) in [6.07, 6.45) is 4.86. The SMILES string of the molecule is Cc1ccccc1OCCCC(=O)NCc1cccc(Cn2cccn2)c1. The summed E-state index contributed by atoms with van der Waals surface area (Å²) in [5.41, 5.74) is 3.36. The van der Waals surface area contributed by atoms with Crippen molar-refractivity contribution in [2.75, 3.05) is 6.61 Å². The molecule has 1 N–H and O–H groups in total. The number of amides is 1. The highest BCUT2D eigenvalue weighted by atomic mass is 16.5. The molecule has 27 heavy (non-hydrogen) atoms. The smallest absolute Gasteiger partial charge is 0.220 e. The average Bonchev–Trinajstić information content (AvgIpc) is 3.18. The molecule has 0 saturated heterocycles. The van der Waals surface area contributed by atoms with E-state index in [0.717, 1.165) is 29.0 Å². The van der Waals surface area contributed by atoms with Crippen molar-refractivity contribution in [3.8, 4) is 5.75 Å². The van der Waals surface area contributed by atoms with Gasteiger partial charge in [-0.15, -0.1) is 0 Å². The Morgan fingerprint density at radius 2 is 1.96 bits per heavy atom. The van der Waals surface area contributed by atoms with Gasteiger partial charge in [0.25, 0.3) is 0 Å². The highest BCUT2D eigenvalue weighted by molar-refractivity contribution is 5.75. The third-order valence-electron chi connectivity index (χ3n) is 4.28. The molecule has 0 atom stereocenters. The number of aryl methyl sites for hydroxylation is 1. The lowest BCUT2D eigenvalue weighted by molar-refractivity contribution is -0.121. The van der Waals surface area contributed by atoms with Crippen molar-refractivity contribution >= 4 is 5.91 Å². The summed E-state index contributed by atoms with van der Waals surface area (Å²) in [4.78, 5) is 12.1. The van der Waals surface area contributed by atoms with E-state index in [-0.39, 0.29) is 5.91 Å². The first kappa shape index (κ1) is 18.7. The van der Waals surface area contributed by atoms with E-state index in [0.29, 0.717) is 26.0 Å². The van der Waals surface area contributed by atoms with Gasteiger partial charge in [-0.1, -0.05) is 42.5 Å². The van der Waals surface area contributed by atoms with Crippen LogP contribution in [-0.4, -0.2) is 22.3 Å². The summed E-state index contributed by atoms with van der Waals surface area (Å²) in [7, 11) is 0. The number of hydrogen-bond donors (Lipinski definition) is 1. The number of aromatic nitrogens is 2. The van der Waals surface area contributed by atoms with Crippen LogP contribution in [-0.2, 0) is 17.9 Å². The zero-order valence-corrected chi connectivity index (χ0v) is 15.6. The molecule has 0 spiro atoms. The molecule has 1 heterocycles. The molecule has 0 bridgehead atoms. The van der Waals surface area contributed by atoms with E-state index in [1.54, 1.807) is 6.20 Å². The molecule has 3 aromatic rings. The Morgan fingerprint density at radius 3 is 2.78 bits per heavy atom. The van der Waals surface area contributed by atoms with Gasteiger partial charge in [-0.25, -0.2) is 0 Å². The maximum atomic E-state index is 12.1. The zero-order valence-electron chi connectivity index (χ0n) is 15.6. The second kappa shape index (κ2) is 9.57. The third-order valence-corrected chi connectivity index (χ3v) is 4.28. The van der Waals surface area contributed by atoms with Crippen LogP contribution in [0.3, 0.4) is 0 Å². The minimum absolute atomic E-state index is 0.0425. The topological polar surface area (TPSA) is 56.1 Å². The van der Waals surface area contributed by atoms with Gasteiger partial charge in [0.1, 0.15) is 5.75 Å². The Morgan fingerprint density at radius 1 is 1.11 bits per heavy atom. The Kier molecular flexibility index (Phi) is 6.63. The van der Waals surface area contributed by atoms with Crippen molar-refractivity contribution in [2.45, 2.75) is 32.9 Å². The summed E-state index contributed by atoms with van der Waals surface area (Å²) in [6, 6.07) is 18.0. The largest absolute Gasteiger partial charge is 0.493 e. The predicted molar refractivity (Wildman–Crippen MR) is 106 cm³/mol. The van der Waals surface area contributed by atoms with Crippen molar-refractivity contribution in [2.24, 2.45) is 0 Å². The molecule has 140 valence electrons. The van der Waals surface area contributed by atoms with Crippen LogP contribution < -0.4 is 10.1 Å². The van der Waals surface area contributed by atoms with E-state index in [1.165, 1.54) is 0 Å². The minimum Gasteiger partial charge on any atom is -0.493 e. The molecule has 0 fully saturated rings. The zero-order chi connectivity index (χ0) is 18.9. The van der Waals surface area contributed by atoms with E-state index < -0.39 is 0 Å². The number of nitrogens with zero attached hydrogens (tertiary/aromatic N) is 2. The quantitative estimate of drug-likeness (QED) is 0.590. The van der Waals surface area contributed by atoms with Crippen LogP contribution in [0.4, 0.5) is 0 Å². The maximum Gasteiger partial charge on any atom is 0.220 e. The van der Waals surface area contributed by atoms with Gasteiger partial charge in [0.2, 0.25) is 5.91 Å². The molecule has 1 aromatic heterocycles. The first-order valence-corrected chi connectivity index (χ1v) is 9.21. The van der Waals surface area contributed by atoms with Gasteiger partial charge in [0, 0.05) is 25.4 Å². The number of hydrogen-bond acceptors (Lipinski definition) is 3. The predicted octanol–water partition coefficient (Wildman–Crippen LogP) is 3.72. The van der Waals surface area contributed by atoms with E-state index in [4.69, 9.17) is 4.74 Å². The van der Waals surface area contributed by atoms with Gasteiger partial charge < -0.3 is 10.1 Å². The minimum atomic E-state index is 0.0425. The van der Waals surface area contributed by atoms with Gasteiger partial charge in [-0.05, 0) is 42.2 Å². The fourth-order valence-electron chi connectivity index (χ4n) is 2.84. The molecule has 0 aliphatic carbocycles. The molecule has 3 rings (SSSR count).